The molecule has 0 bridgehead atoms. The number of thiophene rings is 1. The van der Waals surface area contributed by atoms with Crippen molar-refractivity contribution >= 4 is 161 Å². The molecule has 28 aromatic rings. The van der Waals surface area contributed by atoms with Crippen molar-refractivity contribution in [2.75, 3.05) is 0 Å². The SMILES string of the molecule is CC1(C)c2ccc(-c3cccc(-c4ccc5c6ccccc6c6ccccc6c5c4)c3)cc2-c2ccc3c4ccccc4c4ccccc4c3c21.CC1(C)c2ccc(-c3cccc(-c4cccc(-c5cccc(-c6ccccc6)c5)c4)c3)cc2-c2ccc3c4ccccc4c4ccccc4c3c21.CC1(C)c2ccc(-c3cccc(-c4cccc5c4sc4ccccc45)c3)cc2-c2ccc3c4ccccc4c4ccccc4c3c21. The maximum Gasteiger partial charge on any atom is 0.0433 e. The maximum atomic E-state index is 2.44. The molecule has 0 atom stereocenters. The van der Waals surface area contributed by atoms with Crippen LogP contribution in [0.4, 0.5) is 0 Å². The second-order valence-corrected chi connectivity index (χ2v) is 43.6. The van der Waals surface area contributed by atoms with Crippen molar-refractivity contribution in [3.05, 3.63) is 531 Å². The summed E-state index contributed by atoms with van der Waals surface area (Å²) < 4.78 is 2.70. The monoisotopic (exact) mass is 1900 g/mol. The second-order valence-electron chi connectivity index (χ2n) is 42.6. The predicted octanol–water partition coefficient (Wildman–Crippen LogP) is 41.5. The van der Waals surface area contributed by atoms with Crippen molar-refractivity contribution in [3.63, 3.8) is 0 Å². The van der Waals surface area contributed by atoms with Crippen LogP contribution in [0.2, 0.25) is 0 Å². The number of hydrogen-bond acceptors (Lipinski definition) is 1. The molecule has 0 spiro atoms. The second kappa shape index (κ2) is 33.7. The summed E-state index contributed by atoms with van der Waals surface area (Å²) in [6.07, 6.45) is 0. The maximum absolute atomic E-state index is 2.44. The van der Waals surface area contributed by atoms with Gasteiger partial charge >= 0.3 is 0 Å². The number of benzene rings is 27. The van der Waals surface area contributed by atoms with E-state index in [1.54, 1.807) is 0 Å². The molecule has 0 radical (unpaired) electrons. The van der Waals surface area contributed by atoms with E-state index in [0.717, 1.165) is 0 Å². The van der Waals surface area contributed by atoms with Gasteiger partial charge in [-0.15, -0.1) is 11.3 Å². The van der Waals surface area contributed by atoms with Gasteiger partial charge < -0.3 is 0 Å². The molecule has 0 aliphatic heterocycles. The smallest absolute Gasteiger partial charge is 0.0433 e. The van der Waals surface area contributed by atoms with Crippen LogP contribution in [0, 0.1) is 0 Å². The molecule has 0 N–H and O–H groups in total. The number of fused-ring (bicyclic) bond motifs is 39. The molecule has 148 heavy (non-hydrogen) atoms. The van der Waals surface area contributed by atoms with E-state index in [0.29, 0.717) is 0 Å². The molecular formula is C147H100S. The molecular weight excluding hydrogens is 1800 g/mol. The molecule has 1 heteroatoms. The predicted molar refractivity (Wildman–Crippen MR) is 638 cm³/mol. The fourth-order valence-corrected chi connectivity index (χ4v) is 27.8. The van der Waals surface area contributed by atoms with Crippen molar-refractivity contribution in [1.29, 1.82) is 0 Å². The highest BCUT2D eigenvalue weighted by atomic mass is 32.1. The Balaban J connectivity index is 0.000000105. The molecule has 31 rings (SSSR count). The zero-order chi connectivity index (χ0) is 98.5. The van der Waals surface area contributed by atoms with E-state index in [2.05, 4.69) is 539 Å². The average molecular weight is 1900 g/mol. The Hall–Kier alpha value is -17.7. The van der Waals surface area contributed by atoms with Crippen LogP contribution in [0.1, 0.15) is 74.9 Å². The highest BCUT2D eigenvalue weighted by Gasteiger charge is 2.42. The Labute approximate surface area is 865 Å². The molecule has 3 aliphatic carbocycles. The van der Waals surface area contributed by atoms with Crippen LogP contribution in [0.15, 0.2) is 497 Å². The molecule has 694 valence electrons. The normalized spacial score (nSPS) is 13.4. The number of hydrogen-bond donors (Lipinski definition) is 0. The molecule has 0 fully saturated rings. The zero-order valence-corrected chi connectivity index (χ0v) is 84.1. The minimum atomic E-state index is -0.131. The van der Waals surface area contributed by atoms with Gasteiger partial charge in [0.2, 0.25) is 0 Å². The molecule has 0 saturated heterocycles. The Morgan fingerprint density at radius 1 is 0.128 bits per heavy atom. The van der Waals surface area contributed by atoms with E-state index in [1.165, 1.54) is 305 Å². The fraction of sp³-hybridized carbons (Fsp3) is 0.0612. The van der Waals surface area contributed by atoms with Gasteiger partial charge in [-0.1, -0.05) is 478 Å². The molecule has 1 aromatic heterocycles. The highest BCUT2D eigenvalue weighted by molar-refractivity contribution is 7.26. The first-order chi connectivity index (χ1) is 72.7. The van der Waals surface area contributed by atoms with E-state index in [9.17, 15) is 0 Å². The van der Waals surface area contributed by atoms with Crippen molar-refractivity contribution in [2.45, 2.75) is 57.8 Å². The summed E-state index contributed by atoms with van der Waals surface area (Å²) in [7, 11) is 0. The topological polar surface area (TPSA) is 0 Å². The lowest BCUT2D eigenvalue weighted by atomic mass is 9.78. The highest BCUT2D eigenvalue weighted by Crippen LogP contribution is 2.60. The summed E-state index contributed by atoms with van der Waals surface area (Å²) in [5.41, 5.74) is 36.1. The molecule has 3 aliphatic rings. The van der Waals surface area contributed by atoms with Crippen LogP contribution < -0.4 is 0 Å². The van der Waals surface area contributed by atoms with Gasteiger partial charge in [0.05, 0.1) is 0 Å². The van der Waals surface area contributed by atoms with Crippen LogP contribution >= 0.6 is 11.3 Å². The average Bonchev–Trinajstić information content (AvgIpc) is 1.56. The summed E-state index contributed by atoms with van der Waals surface area (Å²) in [5, 5.41) is 34.7. The van der Waals surface area contributed by atoms with E-state index < -0.39 is 0 Å². The van der Waals surface area contributed by atoms with Crippen LogP contribution in [-0.2, 0) is 16.2 Å². The quantitative estimate of drug-likeness (QED) is 0.133. The first-order valence-electron chi connectivity index (χ1n) is 52.1. The van der Waals surface area contributed by atoms with Gasteiger partial charge in [-0.2, -0.15) is 0 Å². The van der Waals surface area contributed by atoms with Crippen LogP contribution in [0.25, 0.3) is 272 Å². The minimum Gasteiger partial charge on any atom is -0.135 e. The van der Waals surface area contributed by atoms with Crippen LogP contribution in [-0.4, -0.2) is 0 Å². The molecule has 0 unspecified atom stereocenters. The summed E-state index contributed by atoms with van der Waals surface area (Å²) in [4.78, 5) is 0. The van der Waals surface area contributed by atoms with Crippen molar-refractivity contribution in [3.8, 4) is 122 Å². The first kappa shape index (κ1) is 86.9. The minimum absolute atomic E-state index is 0.118. The summed E-state index contributed by atoms with van der Waals surface area (Å²) in [5.74, 6) is 0. The molecule has 0 nitrogen and oxygen atoms in total. The van der Waals surface area contributed by atoms with Crippen molar-refractivity contribution in [1.82, 2.24) is 0 Å². The van der Waals surface area contributed by atoms with Gasteiger partial charge in [0, 0.05) is 36.4 Å². The zero-order valence-electron chi connectivity index (χ0n) is 83.3. The lowest BCUT2D eigenvalue weighted by molar-refractivity contribution is 0.666. The molecule has 0 amide bonds. The Morgan fingerprint density at radius 3 is 0.682 bits per heavy atom. The van der Waals surface area contributed by atoms with Gasteiger partial charge in [-0.05, 0) is 346 Å². The molecule has 1 heterocycles. The summed E-state index contributed by atoms with van der Waals surface area (Å²) in [6, 6.07) is 185. The van der Waals surface area contributed by atoms with Gasteiger partial charge in [-0.3, -0.25) is 0 Å². The van der Waals surface area contributed by atoms with Gasteiger partial charge in [0.15, 0.2) is 0 Å². The van der Waals surface area contributed by atoms with Crippen LogP contribution in [0.5, 0.6) is 0 Å². The van der Waals surface area contributed by atoms with Crippen LogP contribution in [0.3, 0.4) is 0 Å². The summed E-state index contributed by atoms with van der Waals surface area (Å²) in [6.45, 7) is 14.5. The third-order valence-electron chi connectivity index (χ3n) is 33.4. The van der Waals surface area contributed by atoms with Gasteiger partial charge in [-0.25, -0.2) is 0 Å². The Bertz CT molecular complexity index is 10400. The summed E-state index contributed by atoms with van der Waals surface area (Å²) >= 11 is 1.90. The lowest BCUT2D eigenvalue weighted by Gasteiger charge is -2.24. The van der Waals surface area contributed by atoms with E-state index in [-0.39, 0.29) is 16.2 Å². The van der Waals surface area contributed by atoms with E-state index in [1.807, 2.05) is 11.3 Å². The van der Waals surface area contributed by atoms with Gasteiger partial charge in [0.25, 0.3) is 0 Å². The lowest BCUT2D eigenvalue weighted by Crippen LogP contribution is -2.15. The third-order valence-corrected chi connectivity index (χ3v) is 34.7. The van der Waals surface area contributed by atoms with Crippen molar-refractivity contribution in [2.24, 2.45) is 0 Å². The van der Waals surface area contributed by atoms with E-state index in [4.69, 9.17) is 0 Å². The Morgan fingerprint density at radius 2 is 0.345 bits per heavy atom. The Kier molecular flexibility index (Phi) is 19.8. The largest absolute Gasteiger partial charge is 0.135 e. The standard InChI is InChI=1S/C51H34.C51H36.C45H30S/c1-51(2)48-27-23-34(30-47(48)45-26-25-44-40-19-7-5-17-38(40)39-18-9-10-21-43(39)49(44)50(45)51)32-13-11-12-31(28-32)33-22-24-42-37-16-4-3-14-35(37)36-15-6-8-20-41(36)46(42)29-33;1-51(2)48-28-25-40(32-47(48)46-27-26-45-43-23-7-6-21-41(43)42-22-8-9-24-44(42)49(45)50(46)51)39-20-12-19-38(31-39)37-18-11-17-36(30-37)35-16-10-15-34(29-35)33-13-4-3-5-14-33;1-45(2)40-24-21-28(27-11-9-12-29(25-27)30-18-10-19-38-34-16-7-8-20-41(34)46-44(30)38)26-39(40)37-23-22-36-33-15-4-3-13-31(33)32-14-5-6-17-35(32)42(36)43(37)45/h3-30H,1-2H3;3-32H,1-2H3;3-26H,1-2H3. The third kappa shape index (κ3) is 13.5. The fourth-order valence-electron chi connectivity index (χ4n) is 26.6. The molecule has 27 aromatic carbocycles. The van der Waals surface area contributed by atoms with Gasteiger partial charge in [0.1, 0.15) is 0 Å². The van der Waals surface area contributed by atoms with E-state index >= 15 is 0 Å². The number of rotatable bonds is 8. The first-order valence-corrected chi connectivity index (χ1v) is 52.9. The molecule has 0 saturated carbocycles. The van der Waals surface area contributed by atoms with Crippen molar-refractivity contribution < 1.29 is 0 Å².